The van der Waals surface area contributed by atoms with Gasteiger partial charge in [0.1, 0.15) is 0 Å². The van der Waals surface area contributed by atoms with E-state index in [2.05, 4.69) is 0 Å². The van der Waals surface area contributed by atoms with Crippen LogP contribution in [0, 0.1) is 0 Å². The molecule has 0 saturated carbocycles. The fourth-order valence-corrected chi connectivity index (χ4v) is 2.58. The van der Waals surface area contributed by atoms with E-state index in [1.54, 1.807) is 0 Å². The van der Waals surface area contributed by atoms with Gasteiger partial charge in [0.05, 0.1) is 0 Å². The molecule has 0 atom stereocenters. The van der Waals surface area contributed by atoms with Crippen LogP contribution in [0.25, 0.3) is 0 Å². The number of alkyl halides is 2. The minimum absolute atomic E-state index is 0.124. The summed E-state index contributed by atoms with van der Waals surface area (Å²) in [6, 6.07) is 9.82. The number of benzene rings is 1. The summed E-state index contributed by atoms with van der Waals surface area (Å²) in [6.07, 6.45) is 0.124. The SMILES string of the molecule is ClC(Cl)([SiH]=[Zr+2])c1ccccc1. The molecule has 11 heavy (non-hydrogen) atoms. The summed E-state index contributed by atoms with van der Waals surface area (Å²) in [5.41, 5.74) is 1.02. The zero-order valence-electron chi connectivity index (χ0n) is 5.72. The van der Waals surface area contributed by atoms with Crippen LogP contribution in [0.2, 0.25) is 0 Å². The molecule has 0 aliphatic heterocycles. The Labute approximate surface area is 91.9 Å². The molecule has 0 aromatic heterocycles. The van der Waals surface area contributed by atoms with E-state index in [-0.39, 0.29) is 6.16 Å². The summed E-state index contributed by atoms with van der Waals surface area (Å²) in [7, 11) is 0. The van der Waals surface area contributed by atoms with E-state index >= 15 is 0 Å². The molecule has 0 radical (unpaired) electrons. The van der Waals surface area contributed by atoms with Crippen molar-refractivity contribution in [2.45, 2.75) is 3.96 Å². The van der Waals surface area contributed by atoms with Gasteiger partial charge in [0.2, 0.25) is 0 Å². The second kappa shape index (κ2) is 4.23. The molecule has 0 fully saturated rings. The quantitative estimate of drug-likeness (QED) is 0.575. The van der Waals surface area contributed by atoms with Crippen LogP contribution in [-0.2, 0) is 27.3 Å². The number of hydrogen-bond donors (Lipinski definition) is 0. The molecule has 0 aliphatic carbocycles. The molecule has 0 saturated heterocycles. The molecule has 4 heteroatoms. The Morgan fingerprint density at radius 3 is 2.18 bits per heavy atom. The van der Waals surface area contributed by atoms with Crippen LogP contribution in [0.1, 0.15) is 5.56 Å². The Bertz CT molecular complexity index is 248. The predicted molar refractivity (Wildman–Crippen MR) is 47.0 cm³/mol. The summed E-state index contributed by atoms with van der Waals surface area (Å²) < 4.78 is -0.598. The molecule has 1 aromatic rings. The van der Waals surface area contributed by atoms with Gasteiger partial charge >= 0.3 is 92.5 Å². The molecule has 0 bridgehead atoms. The molecule has 0 aliphatic rings. The molecular weight excluding hydrogens is 274 g/mol. The van der Waals surface area contributed by atoms with Gasteiger partial charge in [0, 0.05) is 0 Å². The van der Waals surface area contributed by atoms with Gasteiger partial charge in [-0.15, -0.1) is 0 Å². The van der Waals surface area contributed by atoms with E-state index in [1.807, 2.05) is 30.3 Å². The van der Waals surface area contributed by atoms with E-state index in [1.165, 1.54) is 23.3 Å². The number of rotatable bonds is 2. The van der Waals surface area contributed by atoms with E-state index < -0.39 is 3.96 Å². The molecular formula is C7H6Cl2SiZr+2. The Kier molecular flexibility index (Phi) is 3.84. The van der Waals surface area contributed by atoms with Crippen LogP contribution in [-0.4, -0.2) is 6.16 Å². The van der Waals surface area contributed by atoms with Crippen molar-refractivity contribution < 1.29 is 23.3 Å². The van der Waals surface area contributed by atoms with Gasteiger partial charge < -0.3 is 0 Å². The molecule has 1 aromatic carbocycles. The molecule has 0 nitrogen and oxygen atoms in total. The zero-order valence-corrected chi connectivity index (χ0v) is 10.8. The van der Waals surface area contributed by atoms with Crippen LogP contribution >= 0.6 is 23.2 Å². The van der Waals surface area contributed by atoms with Crippen molar-refractivity contribution in [1.29, 1.82) is 0 Å². The van der Waals surface area contributed by atoms with Crippen LogP contribution in [0.15, 0.2) is 30.3 Å². The first-order valence-corrected chi connectivity index (χ1v) is 9.28. The molecule has 0 spiro atoms. The van der Waals surface area contributed by atoms with Crippen LogP contribution in [0.4, 0.5) is 0 Å². The van der Waals surface area contributed by atoms with Crippen LogP contribution < -0.4 is 0 Å². The summed E-state index contributed by atoms with van der Waals surface area (Å²) >= 11 is 13.6. The summed E-state index contributed by atoms with van der Waals surface area (Å²) in [5.74, 6) is 0. The fraction of sp³-hybridized carbons (Fsp3) is 0.143. The first-order valence-electron chi connectivity index (χ1n) is 3.12. The van der Waals surface area contributed by atoms with E-state index in [0.717, 1.165) is 5.56 Å². The maximum absolute atomic E-state index is 6.07. The first kappa shape index (κ1) is 9.98. The fourth-order valence-electron chi connectivity index (χ4n) is 0.744. The third kappa shape index (κ3) is 2.69. The minimum atomic E-state index is -0.598. The second-order valence-corrected chi connectivity index (χ2v) is 7.53. The van der Waals surface area contributed by atoms with Crippen molar-refractivity contribution >= 4 is 29.4 Å². The maximum atomic E-state index is 6.07. The molecule has 54 valence electrons. The molecule has 0 N–H and O–H groups in total. The predicted octanol–water partition coefficient (Wildman–Crippen LogP) is 2.17. The van der Waals surface area contributed by atoms with Crippen molar-refractivity contribution in [2.24, 2.45) is 0 Å². The standard InChI is InChI=1S/C7H6Cl2Si.Zr/c8-7(9,10)6-4-2-1-3-5-6;/h1-5,10H;/q;+2. The van der Waals surface area contributed by atoms with Crippen molar-refractivity contribution in [3.8, 4) is 0 Å². The first-order chi connectivity index (χ1) is 5.17. The third-order valence-electron chi connectivity index (χ3n) is 1.34. The van der Waals surface area contributed by atoms with Gasteiger partial charge in [-0.05, 0) is 0 Å². The average Bonchev–Trinajstić information content (AvgIpc) is 2.06. The van der Waals surface area contributed by atoms with E-state index in [0.29, 0.717) is 0 Å². The van der Waals surface area contributed by atoms with Crippen LogP contribution in [0.5, 0.6) is 0 Å². The molecule has 0 unspecified atom stereocenters. The molecule has 1 rings (SSSR count). The van der Waals surface area contributed by atoms with Crippen molar-refractivity contribution in [2.75, 3.05) is 0 Å². The second-order valence-electron chi connectivity index (χ2n) is 2.13. The molecule has 0 amide bonds. The van der Waals surface area contributed by atoms with E-state index in [9.17, 15) is 0 Å². The summed E-state index contributed by atoms with van der Waals surface area (Å²) in [4.78, 5) is 0. The van der Waals surface area contributed by atoms with Gasteiger partial charge in [-0.3, -0.25) is 0 Å². The van der Waals surface area contributed by atoms with E-state index in [4.69, 9.17) is 23.2 Å². The third-order valence-corrected chi connectivity index (χ3v) is 9.02. The van der Waals surface area contributed by atoms with Crippen molar-refractivity contribution in [3.63, 3.8) is 0 Å². The Balaban J connectivity index is 3.02. The number of hydrogen-bond acceptors (Lipinski definition) is 0. The van der Waals surface area contributed by atoms with Gasteiger partial charge in [0.25, 0.3) is 0 Å². The van der Waals surface area contributed by atoms with Gasteiger partial charge in [-0.25, -0.2) is 0 Å². The van der Waals surface area contributed by atoms with Gasteiger partial charge in [0.15, 0.2) is 0 Å². The topological polar surface area (TPSA) is 0 Å². The Hall–Kier alpha value is 0.900. The average molecular weight is 280 g/mol. The van der Waals surface area contributed by atoms with Crippen molar-refractivity contribution in [1.82, 2.24) is 0 Å². The number of halogens is 2. The summed E-state index contributed by atoms with van der Waals surface area (Å²) in [6.45, 7) is 0. The summed E-state index contributed by atoms with van der Waals surface area (Å²) in [5, 5.41) is 0. The van der Waals surface area contributed by atoms with Crippen molar-refractivity contribution in [3.05, 3.63) is 35.9 Å². The zero-order chi connectivity index (χ0) is 8.32. The Morgan fingerprint density at radius 1 is 1.18 bits per heavy atom. The normalized spacial score (nSPS) is 11.3. The Morgan fingerprint density at radius 2 is 1.73 bits per heavy atom. The monoisotopic (exact) mass is 278 g/mol. The van der Waals surface area contributed by atoms with Crippen LogP contribution in [0.3, 0.4) is 0 Å². The van der Waals surface area contributed by atoms with Gasteiger partial charge in [-0.1, -0.05) is 0 Å². The van der Waals surface area contributed by atoms with Gasteiger partial charge in [-0.2, -0.15) is 0 Å². The molecule has 0 heterocycles.